The number of hydrogen-bond donors (Lipinski definition) is 3. The molecular formula is C18H36N2O4S. The van der Waals surface area contributed by atoms with Crippen molar-refractivity contribution in [2.75, 3.05) is 6.61 Å². The maximum atomic E-state index is 12.3. The van der Waals surface area contributed by atoms with Gasteiger partial charge in [0.2, 0.25) is 0 Å². The third-order valence-electron chi connectivity index (χ3n) is 3.45. The highest BCUT2D eigenvalue weighted by molar-refractivity contribution is 7.82. The molecular weight excluding hydrogens is 340 g/mol. The monoisotopic (exact) mass is 376 g/mol. The zero-order valence-electron chi connectivity index (χ0n) is 16.9. The first-order chi connectivity index (χ1) is 10.9. The summed E-state index contributed by atoms with van der Waals surface area (Å²) in [7, 11) is 0. The van der Waals surface area contributed by atoms with Gasteiger partial charge in [-0.05, 0) is 68.2 Å². The Kier molecular flexibility index (Phi) is 8.01. The summed E-state index contributed by atoms with van der Waals surface area (Å²) in [6.45, 7) is 14.2. The molecule has 4 N–H and O–H groups in total. The maximum Gasteiger partial charge on any atom is 0.321 e. The summed E-state index contributed by atoms with van der Waals surface area (Å²) in [6, 6.07) is 0. The topological polar surface area (TPSA) is 105 Å². The first-order valence-electron chi connectivity index (χ1n) is 8.54. The number of carbonyl (C=O) groups excluding carboxylic acids is 2. The number of rotatable bonds is 9. The van der Waals surface area contributed by atoms with Crippen LogP contribution < -0.4 is 11.5 Å². The average molecular weight is 377 g/mol. The van der Waals surface area contributed by atoms with Crippen molar-refractivity contribution in [1.82, 2.24) is 0 Å². The Bertz CT molecular complexity index is 476. The Labute approximate surface area is 157 Å². The van der Waals surface area contributed by atoms with Gasteiger partial charge in [-0.25, -0.2) is 0 Å². The molecule has 2 unspecified atom stereocenters. The van der Waals surface area contributed by atoms with E-state index in [0.29, 0.717) is 12.8 Å². The largest absolute Gasteiger partial charge is 0.461 e. The zero-order valence-corrected chi connectivity index (χ0v) is 17.8. The van der Waals surface area contributed by atoms with E-state index >= 15 is 0 Å². The predicted molar refractivity (Wildman–Crippen MR) is 103 cm³/mol. The summed E-state index contributed by atoms with van der Waals surface area (Å²) < 4.78 is 9.65. The zero-order chi connectivity index (χ0) is 20.3. The van der Waals surface area contributed by atoms with Gasteiger partial charge in [-0.2, -0.15) is 12.6 Å². The van der Waals surface area contributed by atoms with Crippen molar-refractivity contribution < 1.29 is 19.1 Å². The number of hydrogen-bond acceptors (Lipinski definition) is 7. The molecule has 148 valence electrons. The van der Waals surface area contributed by atoms with Gasteiger partial charge in [0.05, 0.1) is 5.41 Å². The molecule has 0 radical (unpaired) electrons. The van der Waals surface area contributed by atoms with Crippen LogP contribution in [0.2, 0.25) is 0 Å². The summed E-state index contributed by atoms with van der Waals surface area (Å²) in [6.07, 6.45) is 0.270. The molecule has 0 bridgehead atoms. The van der Waals surface area contributed by atoms with E-state index in [1.54, 1.807) is 27.7 Å². The third-order valence-corrected chi connectivity index (χ3v) is 3.79. The molecule has 0 saturated heterocycles. The minimum Gasteiger partial charge on any atom is -0.461 e. The van der Waals surface area contributed by atoms with Gasteiger partial charge in [-0.3, -0.25) is 9.59 Å². The fourth-order valence-corrected chi connectivity index (χ4v) is 3.37. The molecule has 0 aliphatic heterocycles. The Morgan fingerprint density at radius 3 is 1.76 bits per heavy atom. The number of nitrogens with two attached hydrogens (primary N) is 2. The van der Waals surface area contributed by atoms with E-state index in [1.165, 1.54) is 0 Å². The van der Waals surface area contributed by atoms with E-state index in [9.17, 15) is 9.59 Å². The van der Waals surface area contributed by atoms with Gasteiger partial charge < -0.3 is 20.9 Å². The molecule has 2 atom stereocenters. The maximum absolute atomic E-state index is 12.3. The second-order valence-corrected chi connectivity index (χ2v) is 10.3. The normalized spacial score (nSPS) is 16.8. The SMILES string of the molecule is CC(COC(=O)C(C)(S)CC(C)(C)N)OC(=O)C(C)(C)CC(C)(C)N. The van der Waals surface area contributed by atoms with Crippen molar-refractivity contribution in [2.24, 2.45) is 16.9 Å². The molecule has 25 heavy (non-hydrogen) atoms. The van der Waals surface area contributed by atoms with E-state index in [1.807, 2.05) is 27.7 Å². The molecule has 6 nitrogen and oxygen atoms in total. The highest BCUT2D eigenvalue weighted by Crippen LogP contribution is 2.29. The van der Waals surface area contributed by atoms with Crippen LogP contribution in [0.1, 0.15) is 68.2 Å². The summed E-state index contributed by atoms with van der Waals surface area (Å²) in [5.74, 6) is -0.856. The van der Waals surface area contributed by atoms with Crippen molar-refractivity contribution in [2.45, 2.75) is 90.2 Å². The molecule has 0 rings (SSSR count). The van der Waals surface area contributed by atoms with Crippen molar-refractivity contribution in [3.8, 4) is 0 Å². The predicted octanol–water partition coefficient (Wildman–Crippen LogP) is 2.43. The van der Waals surface area contributed by atoms with Crippen LogP contribution in [0.5, 0.6) is 0 Å². The van der Waals surface area contributed by atoms with Crippen LogP contribution in [0.15, 0.2) is 0 Å². The van der Waals surface area contributed by atoms with Crippen LogP contribution in [0.3, 0.4) is 0 Å². The third kappa shape index (κ3) is 10.1. The van der Waals surface area contributed by atoms with Gasteiger partial charge in [0.15, 0.2) is 0 Å². The summed E-state index contributed by atoms with van der Waals surface area (Å²) in [4.78, 5) is 24.5. The molecule has 7 heteroatoms. The van der Waals surface area contributed by atoms with Crippen LogP contribution >= 0.6 is 12.6 Å². The summed E-state index contributed by atoms with van der Waals surface area (Å²) >= 11 is 4.36. The smallest absolute Gasteiger partial charge is 0.321 e. The van der Waals surface area contributed by atoms with E-state index < -0.39 is 33.3 Å². The lowest BCUT2D eigenvalue weighted by Gasteiger charge is -2.32. The molecule has 0 aromatic heterocycles. The second kappa shape index (κ2) is 8.27. The van der Waals surface area contributed by atoms with Crippen LogP contribution in [0, 0.1) is 5.41 Å². The first-order valence-corrected chi connectivity index (χ1v) is 8.99. The number of carbonyl (C=O) groups is 2. The lowest BCUT2D eigenvalue weighted by molar-refractivity contribution is -0.167. The minimum atomic E-state index is -1.01. The lowest BCUT2D eigenvalue weighted by atomic mass is 9.80. The average Bonchev–Trinajstić information content (AvgIpc) is 2.29. The van der Waals surface area contributed by atoms with Crippen LogP contribution in [0.25, 0.3) is 0 Å². The van der Waals surface area contributed by atoms with Gasteiger partial charge in [0.1, 0.15) is 17.5 Å². The Balaban J connectivity index is 4.59. The van der Waals surface area contributed by atoms with E-state index in [0.717, 1.165) is 0 Å². The number of esters is 2. The summed E-state index contributed by atoms with van der Waals surface area (Å²) in [5, 5.41) is 0. The van der Waals surface area contributed by atoms with Crippen molar-refractivity contribution >= 4 is 24.6 Å². The van der Waals surface area contributed by atoms with Crippen LogP contribution in [0.4, 0.5) is 0 Å². The van der Waals surface area contributed by atoms with E-state index in [-0.39, 0.29) is 12.6 Å². The molecule has 0 amide bonds. The lowest BCUT2D eigenvalue weighted by Crippen LogP contribution is -2.45. The highest BCUT2D eigenvalue weighted by atomic mass is 32.1. The molecule has 0 aromatic carbocycles. The molecule has 0 aliphatic rings. The van der Waals surface area contributed by atoms with Crippen LogP contribution in [-0.2, 0) is 19.1 Å². The first kappa shape index (κ1) is 24.2. The highest BCUT2D eigenvalue weighted by Gasteiger charge is 2.37. The van der Waals surface area contributed by atoms with Gasteiger partial charge >= 0.3 is 11.9 Å². The minimum absolute atomic E-state index is 0.0339. The second-order valence-electron chi connectivity index (χ2n) is 9.30. The molecule has 0 fully saturated rings. The Morgan fingerprint density at radius 2 is 1.36 bits per heavy atom. The van der Waals surface area contributed by atoms with E-state index in [4.69, 9.17) is 20.9 Å². The molecule has 0 saturated carbocycles. The van der Waals surface area contributed by atoms with Gasteiger partial charge in [0.25, 0.3) is 0 Å². The van der Waals surface area contributed by atoms with Gasteiger partial charge in [-0.15, -0.1) is 0 Å². The molecule has 0 aromatic rings. The number of thiol groups is 1. The number of ether oxygens (including phenoxy) is 2. The van der Waals surface area contributed by atoms with E-state index in [2.05, 4.69) is 12.6 Å². The molecule has 0 aliphatic carbocycles. The van der Waals surface area contributed by atoms with Crippen molar-refractivity contribution in [3.05, 3.63) is 0 Å². The fraction of sp³-hybridized carbons (Fsp3) is 0.889. The van der Waals surface area contributed by atoms with Crippen molar-refractivity contribution in [3.63, 3.8) is 0 Å². The Hall–Kier alpha value is -0.790. The van der Waals surface area contributed by atoms with Crippen molar-refractivity contribution in [1.29, 1.82) is 0 Å². The Morgan fingerprint density at radius 1 is 0.920 bits per heavy atom. The standard InChI is InChI=1S/C18H36N2O4S/c1-12(24-13(21)15(2,3)10-16(4,5)19)9-23-14(22)18(8,25)11-17(6,7)20/h12,25H,9-11,19-20H2,1-8H3. The summed E-state index contributed by atoms with van der Waals surface area (Å²) in [5.41, 5.74) is 10.2. The van der Waals surface area contributed by atoms with Crippen LogP contribution in [-0.4, -0.2) is 40.5 Å². The molecule has 0 heterocycles. The molecule has 0 spiro atoms. The van der Waals surface area contributed by atoms with Gasteiger partial charge in [0, 0.05) is 11.1 Å². The fourth-order valence-electron chi connectivity index (χ4n) is 2.90. The quantitative estimate of drug-likeness (QED) is 0.422. The van der Waals surface area contributed by atoms with Gasteiger partial charge in [-0.1, -0.05) is 0 Å².